The molecule has 0 heterocycles. The number of rotatable bonds is 8. The van der Waals surface area contributed by atoms with Gasteiger partial charge >= 0.3 is 0 Å². The van der Waals surface area contributed by atoms with Gasteiger partial charge in [-0.2, -0.15) is 0 Å². The molecule has 27 heavy (non-hydrogen) atoms. The molecule has 0 atom stereocenters. The monoisotopic (exact) mass is 390 g/mol. The van der Waals surface area contributed by atoms with Crippen molar-refractivity contribution in [3.63, 3.8) is 0 Å². The van der Waals surface area contributed by atoms with Crippen LogP contribution in [0.4, 0.5) is 11.4 Å². The summed E-state index contributed by atoms with van der Waals surface area (Å²) in [6.07, 6.45) is 0.339. The maximum atomic E-state index is 13.2. The van der Waals surface area contributed by atoms with Crippen LogP contribution < -0.4 is 14.4 Å². The summed E-state index contributed by atoms with van der Waals surface area (Å²) in [6.45, 7) is 5.94. The molecule has 0 unspecified atom stereocenters. The van der Waals surface area contributed by atoms with Gasteiger partial charge in [-0.25, -0.2) is 8.42 Å². The molecule has 2 aromatic rings. The number of methoxy groups -OCH3 is 1. The minimum atomic E-state index is -3.78. The number of para-hydroxylation sites is 1. The van der Waals surface area contributed by atoms with E-state index in [0.29, 0.717) is 23.5 Å². The third kappa shape index (κ3) is 5.01. The Hall–Kier alpha value is -2.54. The van der Waals surface area contributed by atoms with Gasteiger partial charge in [0, 0.05) is 13.0 Å². The molecule has 0 saturated carbocycles. The molecule has 0 spiro atoms. The van der Waals surface area contributed by atoms with Crippen LogP contribution in [0.1, 0.15) is 27.2 Å². The summed E-state index contributed by atoms with van der Waals surface area (Å²) >= 11 is 0. The number of amides is 1. The van der Waals surface area contributed by atoms with Crippen LogP contribution in [0.3, 0.4) is 0 Å². The zero-order valence-electron chi connectivity index (χ0n) is 16.1. The molecular weight excluding hydrogens is 364 g/mol. The van der Waals surface area contributed by atoms with Crippen molar-refractivity contribution in [3.05, 3.63) is 48.5 Å². The van der Waals surface area contributed by atoms with Crippen molar-refractivity contribution in [2.75, 3.05) is 23.3 Å². The Balaban J connectivity index is 2.42. The second-order valence-electron chi connectivity index (χ2n) is 6.51. The number of hydrogen-bond donors (Lipinski definition) is 1. The highest BCUT2D eigenvalue weighted by molar-refractivity contribution is 7.92. The second-order valence-corrected chi connectivity index (χ2v) is 8.38. The van der Waals surface area contributed by atoms with Crippen LogP contribution in [0.5, 0.6) is 5.75 Å². The van der Waals surface area contributed by atoms with Gasteiger partial charge in [0.15, 0.2) is 0 Å². The molecule has 146 valence electrons. The van der Waals surface area contributed by atoms with Gasteiger partial charge in [-0.05, 0) is 43.2 Å². The lowest BCUT2D eigenvalue weighted by atomic mass is 10.1. The standard InChI is InChI=1S/C20H26N2O4S/c1-5-22(16-9-7-6-8-10-16)27(24,25)17-11-12-19(26-4)18(14-17)21-20(23)13-15(2)3/h6-12,14-15H,5,13H2,1-4H3,(H,21,23). The fourth-order valence-electron chi connectivity index (χ4n) is 2.73. The molecule has 1 N–H and O–H groups in total. The van der Waals surface area contributed by atoms with Crippen molar-refractivity contribution in [3.8, 4) is 5.75 Å². The molecule has 0 aliphatic rings. The van der Waals surface area contributed by atoms with Gasteiger partial charge in [-0.15, -0.1) is 0 Å². The summed E-state index contributed by atoms with van der Waals surface area (Å²) in [5.74, 6) is 0.415. The Kier molecular flexibility index (Phi) is 6.85. The molecule has 2 aromatic carbocycles. The summed E-state index contributed by atoms with van der Waals surface area (Å²) < 4.78 is 32.9. The molecule has 0 bridgehead atoms. The quantitative estimate of drug-likeness (QED) is 0.742. The van der Waals surface area contributed by atoms with E-state index >= 15 is 0 Å². The van der Waals surface area contributed by atoms with E-state index in [2.05, 4.69) is 5.32 Å². The van der Waals surface area contributed by atoms with Crippen molar-refractivity contribution in [1.82, 2.24) is 0 Å². The molecule has 0 saturated heterocycles. The van der Waals surface area contributed by atoms with Gasteiger partial charge in [0.05, 0.1) is 23.4 Å². The molecule has 2 rings (SSSR count). The number of anilines is 2. The Morgan fingerprint density at radius 3 is 2.37 bits per heavy atom. The summed E-state index contributed by atoms with van der Waals surface area (Å²) in [5.41, 5.74) is 0.926. The van der Waals surface area contributed by atoms with Crippen molar-refractivity contribution >= 4 is 27.3 Å². The molecule has 0 aliphatic heterocycles. The van der Waals surface area contributed by atoms with Gasteiger partial charge < -0.3 is 10.1 Å². The first-order valence-electron chi connectivity index (χ1n) is 8.85. The Labute approximate surface area is 161 Å². The number of hydrogen-bond acceptors (Lipinski definition) is 4. The van der Waals surface area contributed by atoms with Crippen molar-refractivity contribution < 1.29 is 17.9 Å². The molecular formula is C20H26N2O4S. The lowest BCUT2D eigenvalue weighted by molar-refractivity contribution is -0.116. The highest BCUT2D eigenvalue weighted by Crippen LogP contribution is 2.31. The van der Waals surface area contributed by atoms with E-state index in [1.165, 1.54) is 23.5 Å². The Morgan fingerprint density at radius 1 is 1.15 bits per heavy atom. The zero-order valence-corrected chi connectivity index (χ0v) is 16.9. The fourth-order valence-corrected chi connectivity index (χ4v) is 4.23. The van der Waals surface area contributed by atoms with Crippen LogP contribution in [-0.4, -0.2) is 28.0 Å². The van der Waals surface area contributed by atoms with Crippen LogP contribution in [0.25, 0.3) is 0 Å². The third-order valence-electron chi connectivity index (χ3n) is 3.96. The lowest BCUT2D eigenvalue weighted by Crippen LogP contribution is -2.30. The molecule has 0 aliphatic carbocycles. The van der Waals surface area contributed by atoms with Gasteiger partial charge in [-0.3, -0.25) is 9.10 Å². The third-order valence-corrected chi connectivity index (χ3v) is 5.86. The fraction of sp³-hybridized carbons (Fsp3) is 0.350. The van der Waals surface area contributed by atoms with E-state index < -0.39 is 10.0 Å². The largest absolute Gasteiger partial charge is 0.495 e. The average Bonchev–Trinajstić information content (AvgIpc) is 2.62. The average molecular weight is 391 g/mol. The number of nitrogens with zero attached hydrogens (tertiary/aromatic N) is 1. The van der Waals surface area contributed by atoms with Crippen LogP contribution >= 0.6 is 0 Å². The highest BCUT2D eigenvalue weighted by Gasteiger charge is 2.25. The van der Waals surface area contributed by atoms with E-state index in [1.807, 2.05) is 19.9 Å². The van der Waals surface area contributed by atoms with Gasteiger partial charge in [0.25, 0.3) is 10.0 Å². The van der Waals surface area contributed by atoms with Crippen molar-refractivity contribution in [1.29, 1.82) is 0 Å². The summed E-state index contributed by atoms with van der Waals surface area (Å²) in [5, 5.41) is 2.76. The van der Waals surface area contributed by atoms with E-state index in [0.717, 1.165) is 0 Å². The van der Waals surface area contributed by atoms with E-state index in [4.69, 9.17) is 4.74 Å². The van der Waals surface area contributed by atoms with Gasteiger partial charge in [0.1, 0.15) is 5.75 Å². The second kappa shape index (κ2) is 8.90. The first-order valence-corrected chi connectivity index (χ1v) is 10.3. The first kappa shape index (κ1) is 20.8. The molecule has 0 radical (unpaired) electrons. The molecule has 0 aromatic heterocycles. The van der Waals surface area contributed by atoms with E-state index in [1.54, 1.807) is 37.3 Å². The maximum Gasteiger partial charge on any atom is 0.264 e. The first-order chi connectivity index (χ1) is 12.8. The molecule has 7 heteroatoms. The van der Waals surface area contributed by atoms with Crippen LogP contribution in [0.2, 0.25) is 0 Å². The van der Waals surface area contributed by atoms with Gasteiger partial charge in [0.2, 0.25) is 5.91 Å². The Bertz CT molecular complexity index is 880. The molecule has 1 amide bonds. The number of carbonyl (C=O) groups is 1. The normalized spacial score (nSPS) is 11.3. The summed E-state index contributed by atoms with van der Waals surface area (Å²) in [6, 6.07) is 13.4. The van der Waals surface area contributed by atoms with Crippen LogP contribution in [-0.2, 0) is 14.8 Å². The number of nitrogens with one attached hydrogen (secondary N) is 1. The Morgan fingerprint density at radius 2 is 1.81 bits per heavy atom. The number of ether oxygens (including phenoxy) is 1. The number of benzene rings is 2. The minimum Gasteiger partial charge on any atom is -0.495 e. The SMILES string of the molecule is CCN(c1ccccc1)S(=O)(=O)c1ccc(OC)c(NC(=O)CC(C)C)c1. The van der Waals surface area contributed by atoms with E-state index in [9.17, 15) is 13.2 Å². The predicted octanol–water partition coefficient (Wildman–Crippen LogP) is 3.90. The van der Waals surface area contributed by atoms with Crippen LogP contribution in [0, 0.1) is 5.92 Å². The topological polar surface area (TPSA) is 75.7 Å². The van der Waals surface area contributed by atoms with Crippen LogP contribution in [0.15, 0.2) is 53.4 Å². The number of carbonyl (C=O) groups excluding carboxylic acids is 1. The molecule has 6 nitrogen and oxygen atoms in total. The van der Waals surface area contributed by atoms with E-state index in [-0.39, 0.29) is 23.3 Å². The summed E-state index contributed by atoms with van der Waals surface area (Å²) in [4.78, 5) is 12.2. The van der Waals surface area contributed by atoms with Crippen molar-refractivity contribution in [2.45, 2.75) is 32.1 Å². The lowest BCUT2D eigenvalue weighted by Gasteiger charge is -2.23. The number of sulfonamides is 1. The highest BCUT2D eigenvalue weighted by atomic mass is 32.2. The smallest absolute Gasteiger partial charge is 0.264 e. The maximum absolute atomic E-state index is 13.2. The van der Waals surface area contributed by atoms with Crippen molar-refractivity contribution in [2.24, 2.45) is 5.92 Å². The predicted molar refractivity (Wildman–Crippen MR) is 108 cm³/mol. The minimum absolute atomic E-state index is 0.0915. The van der Waals surface area contributed by atoms with Gasteiger partial charge in [-0.1, -0.05) is 32.0 Å². The summed E-state index contributed by atoms with van der Waals surface area (Å²) in [7, 11) is -2.31. The zero-order chi connectivity index (χ0) is 20.0. The molecule has 0 fully saturated rings.